The SMILES string of the molecule is CCC(CC)N1CCCCC1CC(=O)O. The summed E-state index contributed by atoms with van der Waals surface area (Å²) in [5.41, 5.74) is 0. The number of hydrogen-bond donors (Lipinski definition) is 1. The van der Waals surface area contributed by atoms with Crippen LogP contribution in [-0.2, 0) is 4.79 Å². The standard InChI is InChI=1S/C12H23NO2/c1-3-10(4-2)13-8-6-5-7-11(13)9-12(14)15/h10-11H,3-9H2,1-2H3,(H,14,15). The van der Waals surface area contributed by atoms with Gasteiger partial charge in [0.1, 0.15) is 0 Å². The summed E-state index contributed by atoms with van der Waals surface area (Å²) in [6, 6.07) is 0.857. The predicted octanol–water partition coefficient (Wildman–Crippen LogP) is 2.50. The number of piperidine rings is 1. The molecule has 0 spiro atoms. The zero-order valence-corrected chi connectivity index (χ0v) is 9.91. The first kappa shape index (κ1) is 12.5. The van der Waals surface area contributed by atoms with E-state index in [-0.39, 0.29) is 6.04 Å². The van der Waals surface area contributed by atoms with Gasteiger partial charge in [0.25, 0.3) is 0 Å². The van der Waals surface area contributed by atoms with Gasteiger partial charge in [0.15, 0.2) is 0 Å². The third kappa shape index (κ3) is 3.49. The maximum atomic E-state index is 10.8. The topological polar surface area (TPSA) is 40.5 Å². The predicted molar refractivity (Wildman–Crippen MR) is 61.0 cm³/mol. The molecule has 1 aliphatic rings. The number of carboxylic acid groups (broad SMARTS) is 1. The summed E-state index contributed by atoms with van der Waals surface area (Å²) >= 11 is 0. The van der Waals surface area contributed by atoms with Crippen molar-refractivity contribution >= 4 is 5.97 Å². The summed E-state index contributed by atoms with van der Waals surface area (Å²) in [5.74, 6) is -0.655. The smallest absolute Gasteiger partial charge is 0.304 e. The molecule has 3 nitrogen and oxygen atoms in total. The molecule has 0 bridgehead atoms. The maximum absolute atomic E-state index is 10.8. The minimum absolute atomic E-state index is 0.279. The molecule has 0 aromatic heterocycles. The van der Waals surface area contributed by atoms with Crippen LogP contribution in [0, 0.1) is 0 Å². The highest BCUT2D eigenvalue weighted by Gasteiger charge is 2.28. The Morgan fingerprint density at radius 1 is 1.40 bits per heavy atom. The summed E-state index contributed by atoms with van der Waals surface area (Å²) in [7, 11) is 0. The summed E-state index contributed by atoms with van der Waals surface area (Å²) in [6.07, 6.45) is 6.06. The molecule has 1 rings (SSSR count). The molecule has 88 valence electrons. The number of carboxylic acids is 1. The van der Waals surface area contributed by atoms with E-state index in [0.29, 0.717) is 12.5 Å². The molecule has 0 amide bonds. The van der Waals surface area contributed by atoms with E-state index in [2.05, 4.69) is 18.7 Å². The van der Waals surface area contributed by atoms with Gasteiger partial charge in [0.2, 0.25) is 0 Å². The van der Waals surface area contributed by atoms with E-state index in [9.17, 15) is 4.79 Å². The van der Waals surface area contributed by atoms with E-state index in [4.69, 9.17) is 5.11 Å². The largest absolute Gasteiger partial charge is 0.481 e. The fraction of sp³-hybridized carbons (Fsp3) is 0.917. The summed E-state index contributed by atoms with van der Waals surface area (Å²) in [4.78, 5) is 13.2. The number of carbonyl (C=O) groups is 1. The third-order valence-corrected chi connectivity index (χ3v) is 3.49. The average molecular weight is 213 g/mol. The van der Waals surface area contributed by atoms with Crippen LogP contribution in [0.1, 0.15) is 52.4 Å². The first-order valence-corrected chi connectivity index (χ1v) is 6.16. The highest BCUT2D eigenvalue weighted by molar-refractivity contribution is 5.67. The highest BCUT2D eigenvalue weighted by atomic mass is 16.4. The number of likely N-dealkylation sites (tertiary alicyclic amines) is 1. The zero-order chi connectivity index (χ0) is 11.3. The number of hydrogen-bond acceptors (Lipinski definition) is 2. The zero-order valence-electron chi connectivity index (χ0n) is 9.91. The van der Waals surface area contributed by atoms with Crippen molar-refractivity contribution in [3.8, 4) is 0 Å². The molecule has 1 unspecified atom stereocenters. The molecule has 1 aliphatic heterocycles. The summed E-state index contributed by atoms with van der Waals surface area (Å²) < 4.78 is 0. The number of aliphatic carboxylic acids is 1. The van der Waals surface area contributed by atoms with Gasteiger partial charge in [-0.2, -0.15) is 0 Å². The Kier molecular flexibility index (Phi) is 5.09. The Labute approximate surface area is 92.5 Å². The van der Waals surface area contributed by atoms with Gasteiger partial charge in [-0.1, -0.05) is 20.3 Å². The second kappa shape index (κ2) is 6.11. The van der Waals surface area contributed by atoms with Crippen LogP contribution in [-0.4, -0.2) is 34.6 Å². The molecular formula is C12H23NO2. The van der Waals surface area contributed by atoms with Gasteiger partial charge in [0, 0.05) is 12.1 Å². The van der Waals surface area contributed by atoms with Gasteiger partial charge in [-0.15, -0.1) is 0 Å². The fourth-order valence-corrected chi connectivity index (χ4v) is 2.68. The second-order valence-electron chi connectivity index (χ2n) is 4.46. The van der Waals surface area contributed by atoms with Crippen molar-refractivity contribution in [2.75, 3.05) is 6.54 Å². The lowest BCUT2D eigenvalue weighted by atomic mass is 9.95. The van der Waals surface area contributed by atoms with E-state index >= 15 is 0 Å². The van der Waals surface area contributed by atoms with E-state index in [1.165, 1.54) is 12.8 Å². The molecule has 1 atom stereocenters. The lowest BCUT2D eigenvalue weighted by Crippen LogP contribution is -2.46. The number of nitrogens with zero attached hydrogens (tertiary/aromatic N) is 1. The average Bonchev–Trinajstić information content (AvgIpc) is 2.21. The molecule has 1 saturated heterocycles. The van der Waals surface area contributed by atoms with Crippen LogP contribution in [0.25, 0.3) is 0 Å². The molecule has 0 aromatic carbocycles. The quantitative estimate of drug-likeness (QED) is 0.763. The molecule has 1 fully saturated rings. The van der Waals surface area contributed by atoms with Crippen LogP contribution in [0.3, 0.4) is 0 Å². The first-order valence-electron chi connectivity index (χ1n) is 6.16. The molecule has 0 aromatic rings. The van der Waals surface area contributed by atoms with E-state index in [1.807, 2.05) is 0 Å². The van der Waals surface area contributed by atoms with Crippen molar-refractivity contribution in [2.45, 2.75) is 64.5 Å². The molecule has 0 aliphatic carbocycles. The van der Waals surface area contributed by atoms with Crippen LogP contribution in [0.4, 0.5) is 0 Å². The van der Waals surface area contributed by atoms with Crippen LogP contribution in [0.5, 0.6) is 0 Å². The lowest BCUT2D eigenvalue weighted by Gasteiger charge is -2.40. The van der Waals surface area contributed by atoms with Gasteiger partial charge in [0.05, 0.1) is 6.42 Å². The minimum Gasteiger partial charge on any atom is -0.481 e. The van der Waals surface area contributed by atoms with Crippen LogP contribution in [0.2, 0.25) is 0 Å². The fourth-order valence-electron chi connectivity index (χ4n) is 2.68. The van der Waals surface area contributed by atoms with Crippen molar-refractivity contribution in [1.82, 2.24) is 4.90 Å². The van der Waals surface area contributed by atoms with Crippen molar-refractivity contribution in [3.63, 3.8) is 0 Å². The molecule has 15 heavy (non-hydrogen) atoms. The van der Waals surface area contributed by atoms with E-state index < -0.39 is 5.97 Å². The molecular weight excluding hydrogens is 190 g/mol. The Bertz CT molecular complexity index is 202. The van der Waals surface area contributed by atoms with Gasteiger partial charge in [-0.05, 0) is 32.2 Å². The summed E-state index contributed by atoms with van der Waals surface area (Å²) in [6.45, 7) is 5.48. The van der Waals surface area contributed by atoms with E-state index in [1.54, 1.807) is 0 Å². The van der Waals surface area contributed by atoms with Gasteiger partial charge in [-0.3, -0.25) is 9.69 Å². The third-order valence-electron chi connectivity index (χ3n) is 3.49. The van der Waals surface area contributed by atoms with Crippen LogP contribution in [0.15, 0.2) is 0 Å². The first-order chi connectivity index (χ1) is 7.19. The molecule has 1 N–H and O–H groups in total. The Morgan fingerprint density at radius 2 is 2.07 bits per heavy atom. The molecule has 0 radical (unpaired) electrons. The molecule has 3 heteroatoms. The Balaban J connectivity index is 2.59. The van der Waals surface area contributed by atoms with Gasteiger partial charge in [-0.25, -0.2) is 0 Å². The highest BCUT2D eigenvalue weighted by Crippen LogP contribution is 2.24. The van der Waals surface area contributed by atoms with Crippen molar-refractivity contribution in [2.24, 2.45) is 0 Å². The maximum Gasteiger partial charge on any atom is 0.304 e. The normalized spacial score (nSPS) is 23.3. The Hall–Kier alpha value is -0.570. The van der Waals surface area contributed by atoms with Crippen molar-refractivity contribution in [3.05, 3.63) is 0 Å². The van der Waals surface area contributed by atoms with Gasteiger partial charge >= 0.3 is 5.97 Å². The van der Waals surface area contributed by atoms with Crippen LogP contribution < -0.4 is 0 Å². The van der Waals surface area contributed by atoms with Crippen molar-refractivity contribution in [1.29, 1.82) is 0 Å². The second-order valence-corrected chi connectivity index (χ2v) is 4.46. The van der Waals surface area contributed by atoms with Gasteiger partial charge < -0.3 is 5.11 Å². The number of rotatable bonds is 5. The van der Waals surface area contributed by atoms with Crippen molar-refractivity contribution < 1.29 is 9.90 Å². The Morgan fingerprint density at radius 3 is 2.60 bits per heavy atom. The monoisotopic (exact) mass is 213 g/mol. The lowest BCUT2D eigenvalue weighted by molar-refractivity contribution is -0.139. The minimum atomic E-state index is -0.655. The van der Waals surface area contributed by atoms with Crippen LogP contribution >= 0.6 is 0 Å². The van der Waals surface area contributed by atoms with E-state index in [0.717, 1.165) is 25.8 Å². The summed E-state index contributed by atoms with van der Waals surface area (Å²) in [5, 5.41) is 8.88. The molecule has 0 saturated carbocycles. The molecule has 1 heterocycles.